The van der Waals surface area contributed by atoms with Crippen LogP contribution in [0.1, 0.15) is 13.3 Å². The van der Waals surface area contributed by atoms with Crippen molar-refractivity contribution in [3.63, 3.8) is 0 Å². The Labute approximate surface area is 126 Å². The van der Waals surface area contributed by atoms with Gasteiger partial charge in [-0.25, -0.2) is 4.98 Å². The van der Waals surface area contributed by atoms with Gasteiger partial charge in [-0.1, -0.05) is 6.92 Å². The van der Waals surface area contributed by atoms with Crippen molar-refractivity contribution >= 4 is 39.3 Å². The quantitative estimate of drug-likeness (QED) is 0.871. The van der Waals surface area contributed by atoms with Crippen molar-refractivity contribution in [2.45, 2.75) is 19.9 Å². The van der Waals surface area contributed by atoms with Crippen LogP contribution in [0, 0.1) is 10.7 Å². The first-order chi connectivity index (χ1) is 9.17. The molecular formula is C13H17BrN4S. The van der Waals surface area contributed by atoms with Gasteiger partial charge in [-0.05, 0) is 59.6 Å². The monoisotopic (exact) mass is 340 g/mol. The highest BCUT2D eigenvalue weighted by Crippen LogP contribution is 2.22. The summed E-state index contributed by atoms with van der Waals surface area (Å²) in [7, 11) is 0. The number of nitrogens with one attached hydrogen (secondary N) is 1. The second-order valence-corrected chi connectivity index (χ2v) is 6.42. The maximum atomic E-state index is 5.43. The number of fused-ring (bicyclic) bond motifs is 1. The second-order valence-electron chi connectivity index (χ2n) is 5.11. The molecule has 1 aliphatic rings. The molecule has 102 valence electrons. The van der Waals surface area contributed by atoms with Crippen LogP contribution in [0.5, 0.6) is 0 Å². The summed E-state index contributed by atoms with van der Waals surface area (Å²) in [5.41, 5.74) is 1.97. The molecule has 3 heterocycles. The largest absolute Gasteiger partial charge is 0.329 e. The Morgan fingerprint density at radius 2 is 2.42 bits per heavy atom. The second kappa shape index (κ2) is 5.34. The fraction of sp³-hybridized carbons (Fsp3) is 0.538. The van der Waals surface area contributed by atoms with E-state index in [1.54, 1.807) is 0 Å². The van der Waals surface area contributed by atoms with E-state index in [9.17, 15) is 0 Å². The molecule has 1 fully saturated rings. The topological polar surface area (TPSA) is 36.9 Å². The maximum Gasteiger partial charge on any atom is 0.179 e. The van der Waals surface area contributed by atoms with Gasteiger partial charge in [0, 0.05) is 23.8 Å². The molecule has 1 saturated heterocycles. The van der Waals surface area contributed by atoms with Gasteiger partial charge < -0.3 is 14.5 Å². The van der Waals surface area contributed by atoms with E-state index in [1.165, 1.54) is 19.5 Å². The van der Waals surface area contributed by atoms with E-state index in [0.29, 0.717) is 5.92 Å². The fourth-order valence-corrected chi connectivity index (χ4v) is 3.40. The number of hydrogen-bond acceptors (Lipinski definition) is 3. The number of nitrogens with zero attached hydrogens (tertiary/aromatic N) is 3. The Hall–Kier alpha value is -0.720. The highest BCUT2D eigenvalue weighted by Gasteiger charge is 2.22. The van der Waals surface area contributed by atoms with Crippen LogP contribution in [0.4, 0.5) is 0 Å². The molecule has 2 aromatic heterocycles. The van der Waals surface area contributed by atoms with Gasteiger partial charge in [-0.3, -0.25) is 0 Å². The summed E-state index contributed by atoms with van der Waals surface area (Å²) in [6, 6.07) is 2.03. The zero-order valence-electron chi connectivity index (χ0n) is 10.9. The predicted octanol–water partition coefficient (Wildman–Crippen LogP) is 3.20. The molecule has 0 saturated carbocycles. The molecule has 1 atom stereocenters. The van der Waals surface area contributed by atoms with Crippen molar-refractivity contribution < 1.29 is 0 Å². The normalized spacial score (nSPS) is 20.4. The first-order valence-corrected chi connectivity index (χ1v) is 7.84. The third-order valence-corrected chi connectivity index (χ3v) is 4.59. The lowest BCUT2D eigenvalue weighted by Crippen LogP contribution is -2.21. The average Bonchev–Trinajstić information content (AvgIpc) is 2.95. The maximum absolute atomic E-state index is 5.43. The zero-order chi connectivity index (χ0) is 13.4. The molecule has 2 aromatic rings. The molecule has 19 heavy (non-hydrogen) atoms. The number of aromatic amines is 1. The van der Waals surface area contributed by atoms with E-state index in [1.807, 2.05) is 12.3 Å². The molecule has 3 rings (SSSR count). The zero-order valence-corrected chi connectivity index (χ0v) is 13.3. The average molecular weight is 341 g/mol. The summed E-state index contributed by atoms with van der Waals surface area (Å²) in [4.78, 5) is 10.2. The summed E-state index contributed by atoms with van der Waals surface area (Å²) in [6.45, 7) is 6.70. The first-order valence-electron chi connectivity index (χ1n) is 6.63. The van der Waals surface area contributed by atoms with Crippen LogP contribution in [-0.4, -0.2) is 39.1 Å². The van der Waals surface area contributed by atoms with Gasteiger partial charge in [0.15, 0.2) is 10.4 Å². The van der Waals surface area contributed by atoms with Gasteiger partial charge in [0.25, 0.3) is 0 Å². The third-order valence-electron chi connectivity index (χ3n) is 3.83. The van der Waals surface area contributed by atoms with Gasteiger partial charge >= 0.3 is 0 Å². The van der Waals surface area contributed by atoms with Crippen LogP contribution in [0.3, 0.4) is 0 Å². The molecule has 1 N–H and O–H groups in total. The molecule has 0 spiro atoms. The highest BCUT2D eigenvalue weighted by molar-refractivity contribution is 9.10. The lowest BCUT2D eigenvalue weighted by Gasteiger charge is -2.13. The summed E-state index contributed by atoms with van der Waals surface area (Å²) < 4.78 is 3.89. The lowest BCUT2D eigenvalue weighted by molar-refractivity contribution is 0.333. The molecule has 0 radical (unpaired) electrons. The minimum atomic E-state index is 0.677. The molecular weight excluding hydrogens is 324 g/mol. The van der Waals surface area contributed by atoms with Gasteiger partial charge in [-0.2, -0.15) is 0 Å². The van der Waals surface area contributed by atoms with Gasteiger partial charge in [0.2, 0.25) is 0 Å². The number of pyridine rings is 1. The SMILES string of the molecule is CCN1CCC(Cn2c(=S)[nH]c3cc(Br)cnc32)C1. The number of halogens is 1. The van der Waals surface area contributed by atoms with Crippen molar-refractivity contribution in [1.29, 1.82) is 0 Å². The van der Waals surface area contributed by atoms with Crippen LogP contribution in [0.15, 0.2) is 16.7 Å². The Morgan fingerprint density at radius 1 is 1.58 bits per heavy atom. The number of imidazole rings is 1. The van der Waals surface area contributed by atoms with Crippen molar-refractivity contribution in [2.75, 3.05) is 19.6 Å². The highest BCUT2D eigenvalue weighted by atomic mass is 79.9. The predicted molar refractivity (Wildman–Crippen MR) is 82.8 cm³/mol. The third kappa shape index (κ3) is 2.61. The Kier molecular flexibility index (Phi) is 3.73. The molecule has 6 heteroatoms. The molecule has 0 amide bonds. The fourth-order valence-electron chi connectivity index (χ4n) is 2.79. The standard InChI is InChI=1S/C13H17BrN4S/c1-2-17-4-3-9(7-17)8-18-12-11(16-13(18)19)5-10(14)6-15-12/h5-6,9H,2-4,7-8H2,1H3,(H,16,19). The van der Waals surface area contributed by atoms with E-state index in [-0.39, 0.29) is 0 Å². The van der Waals surface area contributed by atoms with Crippen LogP contribution >= 0.6 is 28.1 Å². The minimum Gasteiger partial charge on any atom is -0.329 e. The summed E-state index contributed by atoms with van der Waals surface area (Å²) in [5.74, 6) is 0.677. The number of likely N-dealkylation sites (tertiary alicyclic amines) is 1. The Bertz CT molecular complexity index is 648. The Morgan fingerprint density at radius 3 is 3.16 bits per heavy atom. The molecule has 0 aromatic carbocycles. The molecule has 1 aliphatic heterocycles. The molecule has 1 unspecified atom stereocenters. The van der Waals surface area contributed by atoms with E-state index < -0.39 is 0 Å². The summed E-state index contributed by atoms with van der Waals surface area (Å²) in [6.07, 6.45) is 3.08. The molecule has 4 nitrogen and oxygen atoms in total. The van der Waals surface area contributed by atoms with E-state index >= 15 is 0 Å². The van der Waals surface area contributed by atoms with Gasteiger partial charge in [-0.15, -0.1) is 0 Å². The summed E-state index contributed by atoms with van der Waals surface area (Å²) in [5, 5.41) is 0. The summed E-state index contributed by atoms with van der Waals surface area (Å²) >= 11 is 8.87. The van der Waals surface area contributed by atoms with E-state index in [4.69, 9.17) is 12.2 Å². The van der Waals surface area contributed by atoms with E-state index in [2.05, 4.69) is 42.3 Å². The number of hydrogen-bond donors (Lipinski definition) is 1. The van der Waals surface area contributed by atoms with Crippen LogP contribution in [0.25, 0.3) is 11.2 Å². The first kappa shape index (κ1) is 13.3. The van der Waals surface area contributed by atoms with Gasteiger partial charge in [0.1, 0.15) is 0 Å². The lowest BCUT2D eigenvalue weighted by atomic mass is 10.1. The van der Waals surface area contributed by atoms with Crippen LogP contribution in [0.2, 0.25) is 0 Å². The minimum absolute atomic E-state index is 0.677. The van der Waals surface area contributed by atoms with Gasteiger partial charge in [0.05, 0.1) is 5.52 Å². The van der Waals surface area contributed by atoms with Crippen LogP contribution < -0.4 is 0 Å². The smallest absolute Gasteiger partial charge is 0.179 e. The van der Waals surface area contributed by atoms with Crippen molar-refractivity contribution in [1.82, 2.24) is 19.4 Å². The number of aromatic nitrogens is 3. The van der Waals surface area contributed by atoms with Crippen molar-refractivity contribution in [3.8, 4) is 0 Å². The number of H-pyrrole nitrogens is 1. The Balaban J connectivity index is 1.89. The number of rotatable bonds is 3. The van der Waals surface area contributed by atoms with Crippen LogP contribution in [-0.2, 0) is 6.54 Å². The molecule has 0 bridgehead atoms. The van der Waals surface area contributed by atoms with E-state index in [0.717, 1.165) is 33.5 Å². The van der Waals surface area contributed by atoms with Crippen molar-refractivity contribution in [3.05, 3.63) is 21.5 Å². The molecule has 0 aliphatic carbocycles. The van der Waals surface area contributed by atoms with Crippen molar-refractivity contribution in [2.24, 2.45) is 5.92 Å².